The van der Waals surface area contributed by atoms with Gasteiger partial charge in [-0.2, -0.15) is 0 Å². The van der Waals surface area contributed by atoms with Crippen LogP contribution in [0.15, 0.2) is 151 Å². The number of nitrogens with one attached hydrogen (secondary N) is 1. The molecular weight excluding hydrogens is 935 g/mol. The van der Waals surface area contributed by atoms with Crippen molar-refractivity contribution in [2.45, 2.75) is 149 Å². The van der Waals surface area contributed by atoms with Gasteiger partial charge >= 0.3 is 5.97 Å². The quantitative estimate of drug-likeness (QED) is 0.0867. The molecule has 0 radical (unpaired) electrons. The number of esters is 1. The lowest BCUT2D eigenvalue weighted by Gasteiger charge is -2.29. The van der Waals surface area contributed by atoms with Crippen LogP contribution in [-0.2, 0) is 31.8 Å². The van der Waals surface area contributed by atoms with Crippen LogP contribution in [0.5, 0.6) is 5.75 Å². The molecule has 7 nitrogen and oxygen atoms in total. The lowest BCUT2D eigenvalue weighted by atomic mass is 9.75. The summed E-state index contributed by atoms with van der Waals surface area (Å²) in [7, 11) is 1.58. The van der Waals surface area contributed by atoms with Gasteiger partial charge in [-0.05, 0) is 58.4 Å². The van der Waals surface area contributed by atoms with E-state index in [1.165, 1.54) is 16.7 Å². The maximum atomic E-state index is 11.6. The number of carbonyl (C=O) groups is 4. The molecule has 5 aromatic rings. The molecule has 0 unspecified atom stereocenters. The zero-order chi connectivity index (χ0) is 55.5. The monoisotopic (exact) mass is 1030 g/mol. The van der Waals surface area contributed by atoms with E-state index in [1.807, 2.05) is 128 Å². The summed E-state index contributed by atoms with van der Waals surface area (Å²) in [6.07, 6.45) is 0. The summed E-state index contributed by atoms with van der Waals surface area (Å²) in [4.78, 5) is 45.5. The molecule has 0 aromatic heterocycles. The van der Waals surface area contributed by atoms with E-state index in [1.54, 1.807) is 31.0 Å². The Labute approximate surface area is 454 Å². The van der Waals surface area contributed by atoms with Gasteiger partial charge in [-0.3, -0.25) is 19.2 Å². The van der Waals surface area contributed by atoms with E-state index in [0.717, 1.165) is 21.9 Å². The van der Waals surface area contributed by atoms with Crippen LogP contribution < -0.4 is 10.1 Å². The number of thioether (sulfide) groups is 1. The van der Waals surface area contributed by atoms with Gasteiger partial charge in [0.1, 0.15) is 12.4 Å². The van der Waals surface area contributed by atoms with Gasteiger partial charge < -0.3 is 14.8 Å². The summed E-state index contributed by atoms with van der Waals surface area (Å²) in [5.41, 5.74) is 7.28. The molecule has 0 aliphatic carbocycles. The van der Waals surface area contributed by atoms with Crippen LogP contribution in [0.4, 0.5) is 0 Å². The Kier molecular flexibility index (Phi) is 32.0. The molecule has 1 aliphatic heterocycles. The lowest BCUT2D eigenvalue weighted by Crippen LogP contribution is -2.35. The minimum absolute atomic E-state index is 0. The van der Waals surface area contributed by atoms with Gasteiger partial charge in [0.2, 0.25) is 0 Å². The van der Waals surface area contributed by atoms with Gasteiger partial charge in [-0.15, -0.1) is 11.8 Å². The van der Waals surface area contributed by atoms with E-state index in [9.17, 15) is 19.2 Å². The van der Waals surface area contributed by atoms with E-state index in [0.29, 0.717) is 35.2 Å². The fourth-order valence-electron chi connectivity index (χ4n) is 6.53. The van der Waals surface area contributed by atoms with Crippen molar-refractivity contribution in [2.24, 2.45) is 35.5 Å². The Morgan fingerprint density at radius 1 is 0.581 bits per heavy atom. The first-order valence-corrected chi connectivity index (χ1v) is 26.9. The van der Waals surface area contributed by atoms with E-state index in [4.69, 9.17) is 9.47 Å². The van der Waals surface area contributed by atoms with Crippen LogP contribution in [0.1, 0.15) is 161 Å². The van der Waals surface area contributed by atoms with Gasteiger partial charge in [-0.1, -0.05) is 258 Å². The third-order valence-corrected chi connectivity index (χ3v) is 14.0. The normalized spacial score (nSPS) is 12.7. The average Bonchev–Trinajstić information content (AvgIpc) is 3.82. The molecule has 8 heteroatoms. The van der Waals surface area contributed by atoms with Crippen molar-refractivity contribution in [3.63, 3.8) is 0 Å². The van der Waals surface area contributed by atoms with E-state index in [-0.39, 0.29) is 65.9 Å². The van der Waals surface area contributed by atoms with E-state index >= 15 is 0 Å². The van der Waals surface area contributed by atoms with Crippen molar-refractivity contribution in [1.82, 2.24) is 5.32 Å². The minimum Gasteiger partial charge on any atom is -0.496 e. The highest BCUT2D eigenvalue weighted by molar-refractivity contribution is 8.03. The van der Waals surface area contributed by atoms with Crippen LogP contribution >= 0.6 is 11.8 Å². The Morgan fingerprint density at radius 2 is 1.01 bits per heavy atom. The van der Waals surface area contributed by atoms with Crippen molar-refractivity contribution in [3.8, 4) is 5.75 Å². The summed E-state index contributed by atoms with van der Waals surface area (Å²) >= 11 is 1.62. The molecule has 1 aliphatic rings. The largest absolute Gasteiger partial charge is 0.496 e. The molecule has 406 valence electrons. The van der Waals surface area contributed by atoms with Gasteiger partial charge in [0.25, 0.3) is 0 Å². The number of ketones is 3. The molecular formula is C66H95NO6S. The first-order chi connectivity index (χ1) is 34.2. The second-order valence-electron chi connectivity index (χ2n) is 21.3. The van der Waals surface area contributed by atoms with Crippen molar-refractivity contribution >= 4 is 35.1 Å². The van der Waals surface area contributed by atoms with Crippen LogP contribution in [-0.4, -0.2) is 42.2 Å². The SMILES string of the molecule is C.C=C1N[C@H](C(=O)C(C)C)CS1.CC(C)C(=O)OCc1ccccc1.CC(C)C(=O)c1ccccc1.CC(C)C(C)(C)c1ccccc1.COc1ccccc1C(=O)C(C)C.Cc1ccc(C(C)(C)C(C)C)cc1. The maximum Gasteiger partial charge on any atom is 0.308 e. The second-order valence-corrected chi connectivity index (χ2v) is 22.4. The number of aryl methyl sites for hydroxylation is 1. The number of hydrogen-bond donors (Lipinski definition) is 1. The van der Waals surface area contributed by atoms with Gasteiger partial charge in [0.15, 0.2) is 17.3 Å². The first kappa shape index (κ1) is 68.3. The fraction of sp³-hybridized carbons (Fsp3) is 0.455. The minimum atomic E-state index is -0.149. The molecule has 0 spiro atoms. The maximum absolute atomic E-state index is 11.6. The molecule has 1 atom stereocenters. The number of ether oxygens (including phenoxy) is 2. The second kappa shape index (κ2) is 34.7. The first-order valence-electron chi connectivity index (χ1n) is 25.9. The fourth-order valence-corrected chi connectivity index (χ4v) is 7.37. The summed E-state index contributed by atoms with van der Waals surface area (Å²) in [6.45, 7) is 39.7. The number of benzene rings is 5. The van der Waals surface area contributed by atoms with Gasteiger partial charge in [0, 0.05) is 29.1 Å². The van der Waals surface area contributed by atoms with Gasteiger partial charge in [0.05, 0.1) is 29.7 Å². The van der Waals surface area contributed by atoms with E-state index in [2.05, 4.69) is 129 Å². The van der Waals surface area contributed by atoms with Crippen LogP contribution in [0.2, 0.25) is 0 Å². The molecule has 74 heavy (non-hydrogen) atoms. The van der Waals surface area contributed by atoms with Crippen LogP contribution in [0.3, 0.4) is 0 Å². The number of methoxy groups -OCH3 is 1. The topological polar surface area (TPSA) is 98.8 Å². The summed E-state index contributed by atoms with van der Waals surface area (Å²) in [5.74, 6) is 3.51. The molecule has 1 saturated heterocycles. The van der Waals surface area contributed by atoms with E-state index < -0.39 is 0 Å². The zero-order valence-electron chi connectivity index (χ0n) is 47.8. The average molecular weight is 1030 g/mol. The molecule has 1 N–H and O–H groups in total. The van der Waals surface area contributed by atoms with Gasteiger partial charge in [-0.25, -0.2) is 0 Å². The zero-order valence-corrected chi connectivity index (χ0v) is 48.6. The molecule has 0 bridgehead atoms. The Hall–Kier alpha value is -5.73. The number of rotatable bonds is 14. The third kappa shape index (κ3) is 24.5. The molecule has 1 heterocycles. The predicted octanol–water partition coefficient (Wildman–Crippen LogP) is 17.0. The molecule has 1 fully saturated rings. The molecule has 6 rings (SSSR count). The molecule has 0 saturated carbocycles. The highest BCUT2D eigenvalue weighted by Gasteiger charge is 2.27. The third-order valence-electron chi connectivity index (χ3n) is 13.0. The standard InChI is InChI=1S/C13H20.C12H18.2C11H14O2.C10H12O.C8H13NOS.CH4/c1-10(2)13(4,5)12-8-6-11(3)7-9-12;1-10(2)12(3,4)11-8-6-5-7-9-11;1-8(2)11(12)9-6-4-5-7-10(9)13-3;1-9(2)11(12)13-8-10-6-4-3-5-7-10;1-8(2)10(11)9-6-4-3-5-7-9;1-5(2)8(10)7-4-11-6(3)9-7;/h6-10H,1-5H3;5-10H,1-4H3;4-8H,1-3H3;3-7,9H,8H2,1-2H3;3-8H,1-2H3;5,7,9H,3-4H2,1-2H3;1H4/t;;;;;7-;/m.....0./s1. The number of carbonyl (C=O) groups excluding carboxylic acids is 4. The van der Waals surface area contributed by atoms with Crippen molar-refractivity contribution < 1.29 is 28.7 Å². The summed E-state index contributed by atoms with van der Waals surface area (Å²) < 4.78 is 10.1. The number of hydrogen-bond acceptors (Lipinski definition) is 8. The Bertz CT molecular complexity index is 2370. The highest BCUT2D eigenvalue weighted by atomic mass is 32.2. The van der Waals surface area contributed by atoms with Crippen molar-refractivity contribution in [1.29, 1.82) is 0 Å². The van der Waals surface area contributed by atoms with Crippen LogP contribution in [0, 0.1) is 42.4 Å². The number of Topliss-reactive ketones (excluding diaryl/α,β-unsaturated/α-hetero) is 3. The summed E-state index contributed by atoms with van der Waals surface area (Å²) in [5, 5.41) is 3.97. The summed E-state index contributed by atoms with van der Waals surface area (Å²) in [6, 6.07) is 45.9. The Balaban J connectivity index is 0.000000863. The lowest BCUT2D eigenvalue weighted by molar-refractivity contribution is -0.148. The Morgan fingerprint density at radius 3 is 1.42 bits per heavy atom. The predicted molar refractivity (Wildman–Crippen MR) is 317 cm³/mol. The highest BCUT2D eigenvalue weighted by Crippen LogP contribution is 2.32. The van der Waals surface area contributed by atoms with Crippen LogP contribution in [0.25, 0.3) is 0 Å². The van der Waals surface area contributed by atoms with Crippen molar-refractivity contribution in [3.05, 3.63) is 185 Å². The van der Waals surface area contributed by atoms with Crippen molar-refractivity contribution in [2.75, 3.05) is 12.9 Å². The molecule has 5 aromatic carbocycles. The molecule has 0 amide bonds. The smallest absolute Gasteiger partial charge is 0.308 e. The number of para-hydroxylation sites is 1.